The van der Waals surface area contributed by atoms with Crippen LogP contribution in [0.25, 0.3) is 10.9 Å². The van der Waals surface area contributed by atoms with E-state index >= 15 is 0 Å². The largest absolute Gasteiger partial charge is 0.491 e. The molecule has 0 unspecified atom stereocenters. The van der Waals surface area contributed by atoms with Crippen LogP contribution in [0.2, 0.25) is 0 Å². The Kier molecular flexibility index (Phi) is 4.34. The second-order valence-electron chi connectivity index (χ2n) is 4.48. The molecule has 1 aromatic heterocycles. The highest BCUT2D eigenvalue weighted by Gasteiger charge is 2.04. The smallest absolute Gasteiger partial charge is 0.303 e. The number of unbranched alkanes of at least 4 members (excludes halogenated alkanes) is 1. The van der Waals surface area contributed by atoms with Crippen molar-refractivity contribution in [2.45, 2.75) is 26.2 Å². The Hall–Kier alpha value is -2.10. The molecule has 0 aliphatic rings. The quantitative estimate of drug-likeness (QED) is 0.809. The van der Waals surface area contributed by atoms with Crippen LogP contribution in [-0.4, -0.2) is 22.7 Å². The molecule has 0 saturated heterocycles. The number of carbonyl (C=O) groups is 1. The van der Waals surface area contributed by atoms with E-state index in [1.165, 1.54) is 0 Å². The van der Waals surface area contributed by atoms with Crippen LogP contribution in [0, 0.1) is 6.92 Å². The molecule has 0 radical (unpaired) electrons. The van der Waals surface area contributed by atoms with Gasteiger partial charge in [0.25, 0.3) is 0 Å². The van der Waals surface area contributed by atoms with E-state index < -0.39 is 5.97 Å². The van der Waals surface area contributed by atoms with E-state index in [9.17, 15) is 4.79 Å². The van der Waals surface area contributed by atoms with Crippen molar-refractivity contribution < 1.29 is 14.6 Å². The molecular weight excluding hydrogens is 242 g/mol. The van der Waals surface area contributed by atoms with Gasteiger partial charge in [-0.1, -0.05) is 18.2 Å². The fourth-order valence-electron chi connectivity index (χ4n) is 1.89. The SMILES string of the molecule is Cc1ccc2cccc(OCCCCC(=O)O)c2n1. The molecule has 1 aromatic carbocycles. The Morgan fingerprint density at radius 3 is 2.89 bits per heavy atom. The van der Waals surface area contributed by atoms with Crippen LogP contribution in [0.15, 0.2) is 30.3 Å². The van der Waals surface area contributed by atoms with Crippen molar-refractivity contribution >= 4 is 16.9 Å². The average Bonchev–Trinajstić information content (AvgIpc) is 2.38. The Morgan fingerprint density at radius 2 is 2.11 bits per heavy atom. The van der Waals surface area contributed by atoms with E-state index in [1.807, 2.05) is 37.3 Å². The predicted molar refractivity (Wildman–Crippen MR) is 73.5 cm³/mol. The number of aromatic nitrogens is 1. The van der Waals surface area contributed by atoms with Gasteiger partial charge in [0.1, 0.15) is 11.3 Å². The first-order chi connectivity index (χ1) is 9.16. The summed E-state index contributed by atoms with van der Waals surface area (Å²) in [6.45, 7) is 2.46. The molecule has 0 atom stereocenters. The minimum Gasteiger partial charge on any atom is -0.491 e. The molecular formula is C15H17NO3. The number of fused-ring (bicyclic) bond motifs is 1. The van der Waals surface area contributed by atoms with Crippen molar-refractivity contribution in [3.63, 3.8) is 0 Å². The van der Waals surface area contributed by atoms with Crippen LogP contribution in [0.4, 0.5) is 0 Å². The van der Waals surface area contributed by atoms with Crippen LogP contribution >= 0.6 is 0 Å². The normalized spacial score (nSPS) is 10.6. The summed E-state index contributed by atoms with van der Waals surface area (Å²) >= 11 is 0. The Morgan fingerprint density at radius 1 is 1.26 bits per heavy atom. The molecule has 0 aliphatic carbocycles. The summed E-state index contributed by atoms with van der Waals surface area (Å²) in [7, 11) is 0. The first-order valence-electron chi connectivity index (χ1n) is 6.38. The van der Waals surface area contributed by atoms with Gasteiger partial charge >= 0.3 is 5.97 Å². The van der Waals surface area contributed by atoms with Gasteiger partial charge < -0.3 is 9.84 Å². The standard InChI is InChI=1S/C15H17NO3/c1-11-8-9-12-5-4-6-13(15(12)16-11)19-10-3-2-7-14(17)18/h4-6,8-9H,2-3,7,10H2,1H3,(H,17,18). The van der Waals surface area contributed by atoms with Gasteiger partial charge in [-0.25, -0.2) is 4.98 Å². The number of para-hydroxylation sites is 1. The lowest BCUT2D eigenvalue weighted by atomic mass is 10.2. The first kappa shape index (κ1) is 13.3. The molecule has 0 bridgehead atoms. The number of carboxylic acid groups (broad SMARTS) is 1. The van der Waals surface area contributed by atoms with Gasteiger partial charge in [0.2, 0.25) is 0 Å². The highest BCUT2D eigenvalue weighted by molar-refractivity contribution is 5.84. The van der Waals surface area contributed by atoms with Crippen molar-refractivity contribution in [2.24, 2.45) is 0 Å². The van der Waals surface area contributed by atoms with Crippen molar-refractivity contribution in [1.82, 2.24) is 4.98 Å². The molecule has 0 aliphatic heterocycles. The molecule has 2 aromatic rings. The molecule has 0 saturated carbocycles. The number of hydrogen-bond acceptors (Lipinski definition) is 3. The summed E-state index contributed by atoms with van der Waals surface area (Å²) in [5, 5.41) is 9.60. The lowest BCUT2D eigenvalue weighted by molar-refractivity contribution is -0.137. The zero-order valence-electron chi connectivity index (χ0n) is 10.9. The molecule has 0 fully saturated rings. The number of hydrogen-bond donors (Lipinski definition) is 1. The van der Waals surface area contributed by atoms with Crippen molar-refractivity contribution in [1.29, 1.82) is 0 Å². The summed E-state index contributed by atoms with van der Waals surface area (Å²) in [6, 6.07) is 9.82. The number of aryl methyl sites for hydroxylation is 1. The number of pyridine rings is 1. The van der Waals surface area contributed by atoms with Crippen molar-refractivity contribution in [3.05, 3.63) is 36.0 Å². The lowest BCUT2D eigenvalue weighted by Crippen LogP contribution is -2.01. The second kappa shape index (κ2) is 6.18. The highest BCUT2D eigenvalue weighted by atomic mass is 16.5. The van der Waals surface area contributed by atoms with Crippen molar-refractivity contribution in [2.75, 3.05) is 6.61 Å². The van der Waals surface area contributed by atoms with Gasteiger partial charge in [-0.05, 0) is 31.9 Å². The maximum absolute atomic E-state index is 10.4. The zero-order valence-corrected chi connectivity index (χ0v) is 10.9. The van der Waals surface area contributed by atoms with Gasteiger partial charge in [0.15, 0.2) is 0 Å². The molecule has 1 heterocycles. The predicted octanol–water partition coefficient (Wildman–Crippen LogP) is 3.18. The van der Waals surface area contributed by atoms with Crippen molar-refractivity contribution in [3.8, 4) is 5.75 Å². The van der Waals surface area contributed by atoms with Gasteiger partial charge in [0.05, 0.1) is 6.61 Å². The average molecular weight is 259 g/mol. The molecule has 100 valence electrons. The van der Waals surface area contributed by atoms with E-state index in [2.05, 4.69) is 4.98 Å². The third-order valence-electron chi connectivity index (χ3n) is 2.87. The molecule has 2 rings (SSSR count). The monoisotopic (exact) mass is 259 g/mol. The summed E-state index contributed by atoms with van der Waals surface area (Å²) in [6.07, 6.45) is 1.55. The van der Waals surface area contributed by atoms with Gasteiger partial charge in [0, 0.05) is 17.5 Å². The van der Waals surface area contributed by atoms with Gasteiger partial charge in [-0.2, -0.15) is 0 Å². The van der Waals surface area contributed by atoms with Gasteiger partial charge in [-0.3, -0.25) is 4.79 Å². The molecule has 1 N–H and O–H groups in total. The minimum absolute atomic E-state index is 0.191. The third kappa shape index (κ3) is 3.68. The topological polar surface area (TPSA) is 59.4 Å². The maximum atomic E-state index is 10.4. The molecule has 0 amide bonds. The number of nitrogens with zero attached hydrogens (tertiary/aromatic N) is 1. The number of carboxylic acids is 1. The third-order valence-corrected chi connectivity index (χ3v) is 2.87. The summed E-state index contributed by atoms with van der Waals surface area (Å²) in [5.74, 6) is -0.000947. The molecule has 4 heteroatoms. The molecule has 19 heavy (non-hydrogen) atoms. The molecule has 4 nitrogen and oxygen atoms in total. The van der Waals surface area contributed by atoms with E-state index in [0.29, 0.717) is 13.0 Å². The fraction of sp³-hybridized carbons (Fsp3) is 0.333. The van der Waals surface area contributed by atoms with E-state index in [1.54, 1.807) is 0 Å². The summed E-state index contributed by atoms with van der Waals surface area (Å²) in [4.78, 5) is 14.9. The fourth-order valence-corrected chi connectivity index (χ4v) is 1.89. The number of benzene rings is 1. The van der Waals surface area contributed by atoms with Crippen LogP contribution in [0.3, 0.4) is 0 Å². The van der Waals surface area contributed by atoms with Crippen LogP contribution in [-0.2, 0) is 4.79 Å². The maximum Gasteiger partial charge on any atom is 0.303 e. The number of ether oxygens (including phenoxy) is 1. The van der Waals surface area contributed by atoms with Crippen LogP contribution < -0.4 is 4.74 Å². The number of rotatable bonds is 6. The lowest BCUT2D eigenvalue weighted by Gasteiger charge is -2.08. The van der Waals surface area contributed by atoms with Gasteiger partial charge in [-0.15, -0.1) is 0 Å². The Balaban J connectivity index is 2.00. The summed E-state index contributed by atoms with van der Waals surface area (Å²) < 4.78 is 5.70. The first-order valence-corrected chi connectivity index (χ1v) is 6.38. The minimum atomic E-state index is -0.762. The van der Waals surface area contributed by atoms with Crippen LogP contribution in [0.1, 0.15) is 25.0 Å². The summed E-state index contributed by atoms with van der Waals surface area (Å²) in [5.41, 5.74) is 1.81. The Bertz CT molecular complexity index is 581. The van der Waals surface area contributed by atoms with E-state index in [-0.39, 0.29) is 6.42 Å². The second-order valence-corrected chi connectivity index (χ2v) is 4.48. The molecule has 0 spiro atoms. The van der Waals surface area contributed by atoms with E-state index in [0.717, 1.165) is 28.8 Å². The highest BCUT2D eigenvalue weighted by Crippen LogP contribution is 2.24. The number of aliphatic carboxylic acids is 1. The van der Waals surface area contributed by atoms with E-state index in [4.69, 9.17) is 9.84 Å². The van der Waals surface area contributed by atoms with Crippen LogP contribution in [0.5, 0.6) is 5.75 Å². The Labute approximate surface area is 112 Å². The zero-order chi connectivity index (χ0) is 13.7.